The van der Waals surface area contributed by atoms with Crippen LogP contribution in [0.5, 0.6) is 0 Å². The van der Waals surface area contributed by atoms with Gasteiger partial charge >= 0.3 is 0 Å². The highest BCUT2D eigenvalue weighted by Crippen LogP contribution is 2.09. The fourth-order valence-electron chi connectivity index (χ4n) is 2.89. The Morgan fingerprint density at radius 1 is 1.00 bits per heavy atom. The molecule has 1 amide bonds. The maximum Gasteiger partial charge on any atom is 0.254 e. The molecule has 0 N–H and O–H groups in total. The van der Waals surface area contributed by atoms with Crippen molar-refractivity contribution in [2.75, 3.05) is 32.7 Å². The summed E-state index contributed by atoms with van der Waals surface area (Å²) in [4.78, 5) is 20.7. The van der Waals surface area contributed by atoms with Gasteiger partial charge in [-0.2, -0.15) is 0 Å². The molecular formula is C20H23N3O. The first kappa shape index (κ1) is 16.4. The summed E-state index contributed by atoms with van der Waals surface area (Å²) in [5.41, 5.74) is 1.97. The molecule has 1 fully saturated rings. The Morgan fingerprint density at radius 3 is 2.42 bits per heavy atom. The molecule has 1 aliphatic rings. The molecule has 1 aromatic heterocycles. The summed E-state index contributed by atoms with van der Waals surface area (Å²) < 4.78 is 0. The monoisotopic (exact) mass is 321 g/mol. The Labute approximate surface area is 143 Å². The lowest BCUT2D eigenvalue weighted by atomic mass is 10.2. The van der Waals surface area contributed by atoms with Crippen LogP contribution in [-0.4, -0.2) is 53.4 Å². The van der Waals surface area contributed by atoms with Gasteiger partial charge in [-0.3, -0.25) is 14.7 Å². The Balaban J connectivity index is 1.41. The molecule has 0 radical (unpaired) electrons. The van der Waals surface area contributed by atoms with Crippen molar-refractivity contribution in [3.05, 3.63) is 72.1 Å². The molecule has 0 saturated carbocycles. The van der Waals surface area contributed by atoms with Gasteiger partial charge in [0.1, 0.15) is 0 Å². The number of pyridine rings is 1. The van der Waals surface area contributed by atoms with Crippen LogP contribution in [-0.2, 0) is 0 Å². The third-order valence-corrected chi connectivity index (χ3v) is 4.31. The van der Waals surface area contributed by atoms with E-state index in [9.17, 15) is 4.79 Å². The van der Waals surface area contributed by atoms with Crippen molar-refractivity contribution in [3.8, 4) is 0 Å². The van der Waals surface area contributed by atoms with Gasteiger partial charge < -0.3 is 4.90 Å². The van der Waals surface area contributed by atoms with E-state index in [-0.39, 0.29) is 5.91 Å². The Morgan fingerprint density at radius 2 is 1.71 bits per heavy atom. The SMILES string of the molecule is O=C(c1ccncc1)N1CCN(CC/C=C/c2ccccc2)CC1. The third-order valence-electron chi connectivity index (χ3n) is 4.31. The zero-order chi connectivity index (χ0) is 16.6. The molecule has 3 rings (SSSR count). The molecule has 0 bridgehead atoms. The molecule has 0 aliphatic carbocycles. The van der Waals surface area contributed by atoms with E-state index in [0.717, 1.165) is 44.7 Å². The zero-order valence-corrected chi connectivity index (χ0v) is 13.8. The summed E-state index contributed by atoms with van der Waals surface area (Å²) in [7, 11) is 0. The topological polar surface area (TPSA) is 36.4 Å². The molecule has 1 saturated heterocycles. The second kappa shape index (κ2) is 8.41. The second-order valence-electron chi connectivity index (χ2n) is 5.97. The maximum absolute atomic E-state index is 12.4. The number of rotatable bonds is 5. The quantitative estimate of drug-likeness (QED) is 0.849. The second-order valence-corrected chi connectivity index (χ2v) is 5.97. The summed E-state index contributed by atoms with van der Waals surface area (Å²) in [6.07, 6.45) is 8.77. The van der Waals surface area contributed by atoms with Crippen LogP contribution < -0.4 is 0 Å². The minimum atomic E-state index is 0.112. The molecule has 0 spiro atoms. The smallest absolute Gasteiger partial charge is 0.254 e. The number of aromatic nitrogens is 1. The van der Waals surface area contributed by atoms with E-state index in [2.05, 4.69) is 46.3 Å². The summed E-state index contributed by atoms with van der Waals surface area (Å²) in [5.74, 6) is 0.112. The molecular weight excluding hydrogens is 298 g/mol. The minimum Gasteiger partial charge on any atom is -0.336 e. The molecule has 1 aromatic carbocycles. The van der Waals surface area contributed by atoms with Gasteiger partial charge in [0, 0.05) is 50.7 Å². The largest absolute Gasteiger partial charge is 0.336 e. The Kier molecular flexibility index (Phi) is 5.75. The Bertz CT molecular complexity index is 662. The average Bonchev–Trinajstić information content (AvgIpc) is 2.67. The fourth-order valence-corrected chi connectivity index (χ4v) is 2.89. The summed E-state index contributed by atoms with van der Waals surface area (Å²) in [6, 6.07) is 13.9. The first-order valence-electron chi connectivity index (χ1n) is 8.46. The van der Waals surface area contributed by atoms with Gasteiger partial charge in [0.05, 0.1) is 0 Å². The molecule has 24 heavy (non-hydrogen) atoms. The average molecular weight is 321 g/mol. The number of nitrogens with zero attached hydrogens (tertiary/aromatic N) is 3. The van der Waals surface area contributed by atoms with Crippen molar-refractivity contribution in [1.29, 1.82) is 0 Å². The van der Waals surface area contributed by atoms with Crippen molar-refractivity contribution < 1.29 is 4.79 Å². The van der Waals surface area contributed by atoms with Crippen LogP contribution in [0.1, 0.15) is 22.3 Å². The first-order valence-corrected chi connectivity index (χ1v) is 8.46. The highest BCUT2D eigenvalue weighted by molar-refractivity contribution is 5.94. The fraction of sp³-hybridized carbons (Fsp3) is 0.300. The number of hydrogen-bond donors (Lipinski definition) is 0. The van der Waals surface area contributed by atoms with Gasteiger partial charge in [0.15, 0.2) is 0 Å². The molecule has 0 unspecified atom stereocenters. The number of amides is 1. The number of piperazine rings is 1. The van der Waals surface area contributed by atoms with Crippen molar-refractivity contribution in [1.82, 2.24) is 14.8 Å². The van der Waals surface area contributed by atoms with Gasteiger partial charge in [-0.15, -0.1) is 0 Å². The number of hydrogen-bond acceptors (Lipinski definition) is 3. The van der Waals surface area contributed by atoms with Gasteiger partial charge in [-0.1, -0.05) is 42.5 Å². The molecule has 2 heterocycles. The van der Waals surface area contributed by atoms with Crippen LogP contribution in [0.15, 0.2) is 60.9 Å². The first-order chi connectivity index (χ1) is 11.8. The van der Waals surface area contributed by atoms with Crippen LogP contribution in [0.4, 0.5) is 0 Å². The van der Waals surface area contributed by atoms with Crippen molar-refractivity contribution in [2.24, 2.45) is 0 Å². The highest BCUT2D eigenvalue weighted by Gasteiger charge is 2.21. The molecule has 1 aliphatic heterocycles. The van der Waals surface area contributed by atoms with Gasteiger partial charge in [-0.25, -0.2) is 0 Å². The molecule has 4 heteroatoms. The van der Waals surface area contributed by atoms with E-state index in [4.69, 9.17) is 0 Å². The van der Waals surface area contributed by atoms with Crippen molar-refractivity contribution in [2.45, 2.75) is 6.42 Å². The van der Waals surface area contributed by atoms with Crippen LogP contribution in [0, 0.1) is 0 Å². The lowest BCUT2D eigenvalue weighted by molar-refractivity contribution is 0.0639. The van der Waals surface area contributed by atoms with Crippen molar-refractivity contribution in [3.63, 3.8) is 0 Å². The Hall–Kier alpha value is -2.46. The van der Waals surface area contributed by atoms with Crippen LogP contribution in [0.25, 0.3) is 6.08 Å². The van der Waals surface area contributed by atoms with E-state index in [0.29, 0.717) is 0 Å². The molecule has 124 valence electrons. The zero-order valence-electron chi connectivity index (χ0n) is 13.8. The normalized spacial score (nSPS) is 15.8. The van der Waals surface area contributed by atoms with Gasteiger partial charge in [0.2, 0.25) is 0 Å². The maximum atomic E-state index is 12.4. The van der Waals surface area contributed by atoms with Crippen LogP contribution in [0.2, 0.25) is 0 Å². The summed E-state index contributed by atoms with van der Waals surface area (Å²) in [5, 5.41) is 0. The predicted octanol–water partition coefficient (Wildman–Crippen LogP) is 2.94. The lowest BCUT2D eigenvalue weighted by Crippen LogP contribution is -2.48. The summed E-state index contributed by atoms with van der Waals surface area (Å²) >= 11 is 0. The van der Waals surface area contributed by atoms with E-state index >= 15 is 0 Å². The minimum absolute atomic E-state index is 0.112. The van der Waals surface area contributed by atoms with Crippen LogP contribution >= 0.6 is 0 Å². The standard InChI is InChI=1S/C20H23N3O/c24-20(19-9-11-21-12-10-19)23-16-14-22(15-17-23)13-5-4-8-18-6-2-1-3-7-18/h1-4,6-12H,5,13-17H2/b8-4+. The van der Waals surface area contributed by atoms with Gasteiger partial charge in [-0.05, 0) is 24.1 Å². The summed E-state index contributed by atoms with van der Waals surface area (Å²) in [6.45, 7) is 4.51. The highest BCUT2D eigenvalue weighted by atomic mass is 16.2. The van der Waals surface area contributed by atoms with Crippen LogP contribution in [0.3, 0.4) is 0 Å². The molecule has 4 nitrogen and oxygen atoms in total. The predicted molar refractivity (Wildman–Crippen MR) is 96.7 cm³/mol. The lowest BCUT2D eigenvalue weighted by Gasteiger charge is -2.34. The van der Waals surface area contributed by atoms with E-state index < -0.39 is 0 Å². The number of benzene rings is 1. The molecule has 2 aromatic rings. The van der Waals surface area contributed by atoms with Gasteiger partial charge in [0.25, 0.3) is 5.91 Å². The van der Waals surface area contributed by atoms with E-state index in [1.807, 2.05) is 11.0 Å². The molecule has 0 atom stereocenters. The van der Waals surface area contributed by atoms with E-state index in [1.165, 1.54) is 5.56 Å². The van der Waals surface area contributed by atoms with E-state index in [1.54, 1.807) is 24.5 Å². The van der Waals surface area contributed by atoms with Crippen molar-refractivity contribution >= 4 is 12.0 Å². The number of carbonyl (C=O) groups excluding carboxylic acids is 1. The number of carbonyl (C=O) groups is 1. The third kappa shape index (κ3) is 4.52.